The van der Waals surface area contributed by atoms with Gasteiger partial charge in [0.1, 0.15) is 18.2 Å². The molecule has 6 atom stereocenters. The first-order chi connectivity index (χ1) is 16.6. The van der Waals surface area contributed by atoms with Crippen LogP contribution in [0.25, 0.3) is 6.08 Å². The molecule has 0 unspecified atom stereocenters. The lowest BCUT2D eigenvalue weighted by Crippen LogP contribution is -2.71. The number of rotatable bonds is 8. The van der Waals surface area contributed by atoms with Gasteiger partial charge in [-0.25, -0.2) is 4.79 Å². The monoisotopic (exact) mass is 464 g/mol. The number of carbonyl (C=O) groups excluding carboxylic acids is 2. The fourth-order valence-corrected chi connectivity index (χ4v) is 4.98. The molecule has 0 saturated carbocycles. The van der Waals surface area contributed by atoms with Crippen LogP contribution in [0.1, 0.15) is 11.1 Å². The van der Waals surface area contributed by atoms with E-state index < -0.39 is 36.7 Å². The van der Waals surface area contributed by atoms with Gasteiger partial charge in [0.15, 0.2) is 12.3 Å². The lowest BCUT2D eigenvalue weighted by atomic mass is 9.91. The first-order valence-corrected chi connectivity index (χ1v) is 11.4. The largest absolute Gasteiger partial charge is 0.438 e. The predicted octanol–water partition coefficient (Wildman–Crippen LogP) is 2.69. The Labute approximate surface area is 198 Å². The molecule has 0 spiro atoms. The van der Waals surface area contributed by atoms with E-state index in [1.807, 2.05) is 72.8 Å². The standard InChI is InChI=1S/C26H28N2O6/c1-31-16-20-22(32-2)23-25(33-20)28(26(30)34-23)21-19(14-13-17-9-5-3-6-10-17)27(24(21)29)15-18-11-7-4-8-12-18/h3-14,19-23,25H,15-16H2,1-2H3/b14-13+/t19-,20-,21+,22+,23-,25+/m1/s1. The van der Waals surface area contributed by atoms with Crippen LogP contribution in [0.2, 0.25) is 0 Å². The van der Waals surface area contributed by atoms with Gasteiger partial charge < -0.3 is 23.8 Å². The Balaban J connectivity index is 1.42. The Morgan fingerprint density at radius 1 is 1.00 bits per heavy atom. The highest BCUT2D eigenvalue weighted by atomic mass is 16.7. The van der Waals surface area contributed by atoms with Gasteiger partial charge in [-0.2, -0.15) is 0 Å². The van der Waals surface area contributed by atoms with Crippen LogP contribution >= 0.6 is 0 Å². The maximum Gasteiger partial charge on any atom is 0.413 e. The molecule has 3 fully saturated rings. The third-order valence-corrected chi connectivity index (χ3v) is 6.61. The summed E-state index contributed by atoms with van der Waals surface area (Å²) in [5, 5.41) is 0. The van der Waals surface area contributed by atoms with Crippen LogP contribution in [0, 0.1) is 0 Å². The quantitative estimate of drug-likeness (QED) is 0.559. The van der Waals surface area contributed by atoms with E-state index in [4.69, 9.17) is 18.9 Å². The Morgan fingerprint density at radius 2 is 1.71 bits per heavy atom. The van der Waals surface area contributed by atoms with E-state index in [1.54, 1.807) is 19.1 Å². The molecule has 0 bridgehead atoms. The first-order valence-electron chi connectivity index (χ1n) is 11.4. The summed E-state index contributed by atoms with van der Waals surface area (Å²) in [4.78, 5) is 29.5. The number of hydrogen-bond donors (Lipinski definition) is 0. The highest BCUT2D eigenvalue weighted by molar-refractivity contribution is 5.94. The van der Waals surface area contributed by atoms with E-state index in [-0.39, 0.29) is 11.9 Å². The topological polar surface area (TPSA) is 77.5 Å². The summed E-state index contributed by atoms with van der Waals surface area (Å²) in [7, 11) is 3.13. The summed E-state index contributed by atoms with van der Waals surface area (Å²) in [6.45, 7) is 0.748. The second kappa shape index (κ2) is 9.58. The fraction of sp³-hybridized carbons (Fsp3) is 0.385. The number of benzene rings is 2. The van der Waals surface area contributed by atoms with Gasteiger partial charge in [0.05, 0.1) is 12.6 Å². The zero-order chi connectivity index (χ0) is 23.7. The smallest absolute Gasteiger partial charge is 0.413 e. The van der Waals surface area contributed by atoms with Crippen molar-refractivity contribution in [2.75, 3.05) is 20.8 Å². The number of carbonyl (C=O) groups is 2. The molecule has 8 heteroatoms. The normalized spacial score (nSPS) is 30.5. The minimum Gasteiger partial charge on any atom is -0.438 e. The van der Waals surface area contributed by atoms with Crippen LogP contribution in [0.15, 0.2) is 66.7 Å². The molecule has 2 aromatic rings. The second-order valence-corrected chi connectivity index (χ2v) is 8.63. The minimum absolute atomic E-state index is 0.142. The van der Waals surface area contributed by atoms with Gasteiger partial charge in [-0.3, -0.25) is 9.69 Å². The van der Waals surface area contributed by atoms with Gasteiger partial charge in [0, 0.05) is 20.8 Å². The fourth-order valence-electron chi connectivity index (χ4n) is 4.98. The molecule has 34 heavy (non-hydrogen) atoms. The first kappa shape index (κ1) is 22.6. The number of methoxy groups -OCH3 is 2. The molecule has 178 valence electrons. The molecule has 0 aromatic heterocycles. The SMILES string of the molecule is COC[C@H]1O[C@H]2[C@H](OC(=O)N2[C@@H]2C(=O)N(Cc3ccccc3)[C@@H]2/C=C/c2ccccc2)[C@H]1OC. The Bertz CT molecular complexity index is 1050. The predicted molar refractivity (Wildman–Crippen MR) is 123 cm³/mol. The summed E-state index contributed by atoms with van der Waals surface area (Å²) in [5.41, 5.74) is 2.03. The minimum atomic E-state index is -0.718. The lowest BCUT2D eigenvalue weighted by Gasteiger charge is -2.49. The highest BCUT2D eigenvalue weighted by Crippen LogP contribution is 2.40. The van der Waals surface area contributed by atoms with Gasteiger partial charge in [0.25, 0.3) is 0 Å². The third-order valence-electron chi connectivity index (χ3n) is 6.61. The van der Waals surface area contributed by atoms with E-state index in [0.29, 0.717) is 13.2 Å². The summed E-state index contributed by atoms with van der Waals surface area (Å²) in [5.74, 6) is -0.142. The molecular formula is C26H28N2O6. The summed E-state index contributed by atoms with van der Waals surface area (Å²) >= 11 is 0. The Kier molecular flexibility index (Phi) is 6.36. The van der Waals surface area contributed by atoms with Crippen molar-refractivity contribution in [2.24, 2.45) is 0 Å². The maximum atomic E-state index is 13.4. The molecule has 3 heterocycles. The number of amides is 2. The number of ether oxygens (including phenoxy) is 4. The molecular weight excluding hydrogens is 436 g/mol. The van der Waals surface area contributed by atoms with Crippen molar-refractivity contribution in [1.82, 2.24) is 9.80 Å². The van der Waals surface area contributed by atoms with Crippen molar-refractivity contribution >= 4 is 18.1 Å². The highest BCUT2D eigenvalue weighted by Gasteiger charge is 2.63. The Hall–Kier alpha value is -3.20. The molecule has 3 saturated heterocycles. The number of fused-ring (bicyclic) bond motifs is 1. The van der Waals surface area contributed by atoms with Gasteiger partial charge >= 0.3 is 6.09 Å². The van der Waals surface area contributed by atoms with E-state index in [0.717, 1.165) is 11.1 Å². The van der Waals surface area contributed by atoms with Crippen LogP contribution in [0.3, 0.4) is 0 Å². The van der Waals surface area contributed by atoms with Crippen molar-refractivity contribution in [3.63, 3.8) is 0 Å². The Morgan fingerprint density at radius 3 is 2.38 bits per heavy atom. The summed E-state index contributed by atoms with van der Waals surface area (Å²) in [6.07, 6.45) is 1.19. The van der Waals surface area contributed by atoms with Crippen molar-refractivity contribution in [3.05, 3.63) is 77.9 Å². The number of hydrogen-bond acceptors (Lipinski definition) is 6. The zero-order valence-electron chi connectivity index (χ0n) is 19.2. The van der Waals surface area contributed by atoms with E-state index in [9.17, 15) is 9.59 Å². The van der Waals surface area contributed by atoms with Gasteiger partial charge in [-0.05, 0) is 11.1 Å². The second-order valence-electron chi connectivity index (χ2n) is 8.63. The van der Waals surface area contributed by atoms with Crippen LogP contribution in [0.5, 0.6) is 0 Å². The molecule has 0 aliphatic carbocycles. The lowest BCUT2D eigenvalue weighted by molar-refractivity contribution is -0.163. The molecule has 0 radical (unpaired) electrons. The van der Waals surface area contributed by atoms with Crippen molar-refractivity contribution in [2.45, 2.75) is 43.2 Å². The van der Waals surface area contributed by atoms with Crippen molar-refractivity contribution in [3.8, 4) is 0 Å². The molecule has 2 amide bonds. The molecule has 3 aliphatic heterocycles. The van der Waals surface area contributed by atoms with Crippen LogP contribution in [0.4, 0.5) is 4.79 Å². The molecule has 5 rings (SSSR count). The summed E-state index contributed by atoms with van der Waals surface area (Å²) < 4.78 is 22.6. The van der Waals surface area contributed by atoms with E-state index >= 15 is 0 Å². The van der Waals surface area contributed by atoms with Gasteiger partial charge in [0.2, 0.25) is 5.91 Å². The zero-order valence-corrected chi connectivity index (χ0v) is 19.2. The number of β-lactam (4-membered cyclic amide) rings is 1. The summed E-state index contributed by atoms with van der Waals surface area (Å²) in [6, 6.07) is 18.6. The molecule has 2 aromatic carbocycles. The molecule has 0 N–H and O–H groups in total. The number of likely N-dealkylation sites (tertiary alicyclic amines) is 1. The van der Waals surface area contributed by atoms with E-state index in [1.165, 1.54) is 4.90 Å². The van der Waals surface area contributed by atoms with Crippen LogP contribution < -0.4 is 0 Å². The molecule has 8 nitrogen and oxygen atoms in total. The third kappa shape index (κ3) is 3.98. The van der Waals surface area contributed by atoms with Crippen molar-refractivity contribution < 1.29 is 28.5 Å². The maximum absolute atomic E-state index is 13.4. The van der Waals surface area contributed by atoms with Crippen molar-refractivity contribution in [1.29, 1.82) is 0 Å². The average Bonchev–Trinajstić information content (AvgIpc) is 3.35. The van der Waals surface area contributed by atoms with Crippen LogP contribution in [-0.4, -0.2) is 79.3 Å². The van der Waals surface area contributed by atoms with Gasteiger partial charge in [-0.1, -0.05) is 72.8 Å². The molecule has 3 aliphatic rings. The van der Waals surface area contributed by atoms with Crippen LogP contribution in [-0.2, 0) is 30.3 Å². The van der Waals surface area contributed by atoms with Gasteiger partial charge in [-0.15, -0.1) is 0 Å². The van der Waals surface area contributed by atoms with E-state index in [2.05, 4.69) is 0 Å². The average molecular weight is 465 g/mol. The number of nitrogens with zero attached hydrogens (tertiary/aromatic N) is 2.